The quantitative estimate of drug-likeness (QED) is 0.440. The van der Waals surface area contributed by atoms with E-state index in [1.807, 2.05) is 43.3 Å². The van der Waals surface area contributed by atoms with E-state index in [4.69, 9.17) is 9.47 Å². The smallest absolute Gasteiger partial charge is 0.255 e. The van der Waals surface area contributed by atoms with Crippen molar-refractivity contribution in [3.63, 3.8) is 0 Å². The van der Waals surface area contributed by atoms with Gasteiger partial charge in [0.15, 0.2) is 11.5 Å². The predicted octanol–water partition coefficient (Wildman–Crippen LogP) is 5.07. The fraction of sp³-hybridized carbons (Fsp3) is 0.148. The average Bonchev–Trinajstić information content (AvgIpc) is 2.88. The van der Waals surface area contributed by atoms with E-state index in [1.165, 1.54) is 0 Å². The lowest BCUT2D eigenvalue weighted by atomic mass is 10.1. The van der Waals surface area contributed by atoms with Crippen LogP contribution >= 0.6 is 0 Å². The van der Waals surface area contributed by atoms with Crippen LogP contribution in [-0.4, -0.2) is 30.0 Å². The summed E-state index contributed by atoms with van der Waals surface area (Å²) in [7, 11) is 0. The van der Waals surface area contributed by atoms with Crippen molar-refractivity contribution in [2.24, 2.45) is 0 Å². The number of amides is 2. The van der Waals surface area contributed by atoms with E-state index in [-0.39, 0.29) is 11.8 Å². The maximum absolute atomic E-state index is 13.0. The molecule has 2 amide bonds. The minimum absolute atomic E-state index is 0.226. The molecule has 0 saturated heterocycles. The van der Waals surface area contributed by atoms with Crippen molar-refractivity contribution >= 4 is 34.1 Å². The van der Waals surface area contributed by atoms with Gasteiger partial charge in [-0.05, 0) is 66.6 Å². The van der Waals surface area contributed by atoms with Crippen LogP contribution in [0.2, 0.25) is 0 Å². The number of pyridine rings is 1. The van der Waals surface area contributed by atoms with Gasteiger partial charge in [0.2, 0.25) is 0 Å². The Balaban J connectivity index is 1.35. The number of carbonyl (C=O) groups excluding carboxylic acids is 2. The molecule has 7 nitrogen and oxygen atoms in total. The molecule has 0 atom stereocenters. The fourth-order valence-corrected chi connectivity index (χ4v) is 3.88. The third-order valence-electron chi connectivity index (χ3n) is 5.67. The lowest BCUT2D eigenvalue weighted by Gasteiger charge is -2.18. The molecule has 0 bridgehead atoms. The SMILES string of the molecule is CCc1ccc(NC(=O)c2ccc3c(c2)OCCO3)cc1NC(=O)c1ccc2ncccc2c1. The van der Waals surface area contributed by atoms with E-state index >= 15 is 0 Å². The summed E-state index contributed by atoms with van der Waals surface area (Å²) in [5, 5.41) is 6.78. The predicted molar refractivity (Wildman–Crippen MR) is 131 cm³/mol. The zero-order valence-corrected chi connectivity index (χ0v) is 18.6. The number of anilines is 2. The van der Waals surface area contributed by atoms with Crippen molar-refractivity contribution in [3.8, 4) is 11.5 Å². The molecule has 0 spiro atoms. The largest absolute Gasteiger partial charge is 0.486 e. The van der Waals surface area contributed by atoms with Crippen LogP contribution in [0.4, 0.5) is 11.4 Å². The Hall–Kier alpha value is -4.39. The van der Waals surface area contributed by atoms with E-state index in [0.717, 1.165) is 22.9 Å². The molecule has 170 valence electrons. The number of fused-ring (bicyclic) bond motifs is 2. The monoisotopic (exact) mass is 453 g/mol. The normalized spacial score (nSPS) is 12.3. The van der Waals surface area contributed by atoms with E-state index in [1.54, 1.807) is 36.5 Å². The minimum Gasteiger partial charge on any atom is -0.486 e. The van der Waals surface area contributed by atoms with Gasteiger partial charge in [-0.15, -0.1) is 0 Å². The second kappa shape index (κ2) is 9.23. The van der Waals surface area contributed by atoms with Crippen LogP contribution in [0.3, 0.4) is 0 Å². The average molecular weight is 453 g/mol. The van der Waals surface area contributed by atoms with Crippen LogP contribution in [0.5, 0.6) is 11.5 Å². The van der Waals surface area contributed by atoms with Crippen LogP contribution in [0.1, 0.15) is 33.2 Å². The van der Waals surface area contributed by atoms with Gasteiger partial charge in [0.25, 0.3) is 11.8 Å². The number of carbonyl (C=O) groups is 2. The van der Waals surface area contributed by atoms with E-state index < -0.39 is 0 Å². The van der Waals surface area contributed by atoms with Gasteiger partial charge in [-0.25, -0.2) is 0 Å². The topological polar surface area (TPSA) is 89.5 Å². The number of aryl methyl sites for hydroxylation is 1. The van der Waals surface area contributed by atoms with Crippen LogP contribution in [-0.2, 0) is 6.42 Å². The molecule has 1 aromatic heterocycles. The number of hydrogen-bond donors (Lipinski definition) is 2. The van der Waals surface area contributed by atoms with Gasteiger partial charge >= 0.3 is 0 Å². The Labute approximate surface area is 196 Å². The second-order valence-electron chi connectivity index (χ2n) is 7.90. The first kappa shape index (κ1) is 21.5. The van der Waals surface area contributed by atoms with E-state index in [0.29, 0.717) is 47.2 Å². The molecule has 5 rings (SSSR count). The van der Waals surface area contributed by atoms with E-state index in [2.05, 4.69) is 15.6 Å². The van der Waals surface area contributed by atoms with Crippen LogP contribution in [0.15, 0.2) is 72.9 Å². The highest BCUT2D eigenvalue weighted by atomic mass is 16.6. The molecule has 7 heteroatoms. The zero-order chi connectivity index (χ0) is 23.5. The van der Waals surface area contributed by atoms with Crippen LogP contribution in [0.25, 0.3) is 10.9 Å². The second-order valence-corrected chi connectivity index (χ2v) is 7.90. The Morgan fingerprint density at radius 3 is 2.47 bits per heavy atom. The molecular weight excluding hydrogens is 430 g/mol. The van der Waals surface area contributed by atoms with Crippen molar-refractivity contribution in [3.05, 3.63) is 89.6 Å². The lowest BCUT2D eigenvalue weighted by molar-refractivity contribution is 0.101. The molecular formula is C27H23N3O4. The van der Waals surface area contributed by atoms with Gasteiger partial charge in [0.1, 0.15) is 13.2 Å². The maximum Gasteiger partial charge on any atom is 0.255 e. The Morgan fingerprint density at radius 2 is 1.62 bits per heavy atom. The molecule has 0 aliphatic carbocycles. The molecule has 1 aliphatic heterocycles. The maximum atomic E-state index is 13.0. The van der Waals surface area contributed by atoms with Gasteiger partial charge in [0, 0.05) is 34.1 Å². The summed E-state index contributed by atoms with van der Waals surface area (Å²) in [4.78, 5) is 30.1. The van der Waals surface area contributed by atoms with Crippen molar-refractivity contribution in [2.45, 2.75) is 13.3 Å². The standard InChI is InChI=1S/C27H23N3O4/c1-2-17-5-8-21(29-26(31)20-7-10-24-25(15-20)34-13-12-33-24)16-23(17)30-27(32)19-6-9-22-18(14-19)4-3-11-28-22/h3-11,14-16H,2,12-13H2,1H3,(H,29,31)(H,30,32). The van der Waals surface area contributed by atoms with Gasteiger partial charge in [-0.2, -0.15) is 0 Å². The summed E-state index contributed by atoms with van der Waals surface area (Å²) in [5.74, 6) is 0.680. The number of rotatable bonds is 5. The number of nitrogens with one attached hydrogen (secondary N) is 2. The summed E-state index contributed by atoms with van der Waals surface area (Å²) >= 11 is 0. The molecule has 4 aromatic rings. The summed E-state index contributed by atoms with van der Waals surface area (Å²) in [6, 6.07) is 19.8. The van der Waals surface area contributed by atoms with Crippen LogP contribution < -0.4 is 20.1 Å². The minimum atomic E-state index is -0.277. The molecule has 34 heavy (non-hydrogen) atoms. The number of nitrogens with zero attached hydrogens (tertiary/aromatic N) is 1. The first-order valence-corrected chi connectivity index (χ1v) is 11.1. The Morgan fingerprint density at radius 1 is 0.853 bits per heavy atom. The zero-order valence-electron chi connectivity index (χ0n) is 18.6. The number of aromatic nitrogens is 1. The number of ether oxygens (including phenoxy) is 2. The van der Waals surface area contributed by atoms with Gasteiger partial charge in [0.05, 0.1) is 5.52 Å². The lowest BCUT2D eigenvalue weighted by Crippen LogP contribution is -2.17. The number of hydrogen-bond acceptors (Lipinski definition) is 5. The highest BCUT2D eigenvalue weighted by Crippen LogP contribution is 2.31. The van der Waals surface area contributed by atoms with E-state index in [9.17, 15) is 9.59 Å². The molecule has 3 aromatic carbocycles. The van der Waals surface area contributed by atoms with Crippen molar-refractivity contribution in [1.29, 1.82) is 0 Å². The third-order valence-corrected chi connectivity index (χ3v) is 5.67. The van der Waals surface area contributed by atoms with Gasteiger partial charge < -0.3 is 20.1 Å². The molecule has 0 fully saturated rings. The Bertz CT molecular complexity index is 1400. The molecule has 2 heterocycles. The summed E-state index contributed by atoms with van der Waals surface area (Å²) < 4.78 is 11.1. The van der Waals surface area contributed by atoms with Crippen LogP contribution in [0, 0.1) is 0 Å². The molecule has 1 aliphatic rings. The van der Waals surface area contributed by atoms with Crippen molar-refractivity contribution in [1.82, 2.24) is 4.98 Å². The summed E-state index contributed by atoms with van der Waals surface area (Å²) in [6.45, 7) is 2.96. The highest BCUT2D eigenvalue weighted by molar-refractivity contribution is 6.08. The Kier molecular flexibility index (Phi) is 5.82. The van der Waals surface area contributed by atoms with Crippen molar-refractivity contribution in [2.75, 3.05) is 23.8 Å². The number of benzene rings is 3. The molecule has 2 N–H and O–H groups in total. The molecule has 0 unspecified atom stereocenters. The first-order chi connectivity index (χ1) is 16.6. The fourth-order valence-electron chi connectivity index (χ4n) is 3.88. The molecule has 0 saturated carbocycles. The first-order valence-electron chi connectivity index (χ1n) is 11.1. The van der Waals surface area contributed by atoms with Gasteiger partial charge in [-0.3, -0.25) is 14.6 Å². The van der Waals surface area contributed by atoms with Crippen molar-refractivity contribution < 1.29 is 19.1 Å². The molecule has 0 radical (unpaired) electrons. The summed E-state index contributed by atoms with van der Waals surface area (Å²) in [6.07, 6.45) is 2.45. The highest BCUT2D eigenvalue weighted by Gasteiger charge is 2.16. The summed E-state index contributed by atoms with van der Waals surface area (Å²) in [5.41, 5.74) is 4.02. The van der Waals surface area contributed by atoms with Gasteiger partial charge in [-0.1, -0.05) is 19.1 Å². The third kappa shape index (κ3) is 4.41.